The molecule has 0 aliphatic carbocycles. The third kappa shape index (κ3) is 6.88. The Hall–Kier alpha value is -1.74. The maximum absolute atomic E-state index is 13.9. The van der Waals surface area contributed by atoms with Gasteiger partial charge in [-0.2, -0.15) is 13.2 Å². The van der Waals surface area contributed by atoms with E-state index < -0.39 is 17.6 Å². The number of carbonyl (C=O) groups is 1. The molecule has 4 nitrogen and oxygen atoms in total. The van der Waals surface area contributed by atoms with Crippen molar-refractivity contribution in [1.82, 2.24) is 15.5 Å². The molecule has 9 heteroatoms. The molecule has 1 aliphatic heterocycles. The van der Waals surface area contributed by atoms with Crippen LogP contribution in [-0.2, 0) is 19.3 Å². The molecule has 33 heavy (non-hydrogen) atoms. The summed E-state index contributed by atoms with van der Waals surface area (Å²) in [6.45, 7) is 3.92. The van der Waals surface area contributed by atoms with E-state index in [0.29, 0.717) is 5.02 Å². The van der Waals surface area contributed by atoms with Crippen LogP contribution in [0, 0.1) is 0 Å². The summed E-state index contributed by atoms with van der Waals surface area (Å²) >= 11 is 7.70. The van der Waals surface area contributed by atoms with Gasteiger partial charge >= 0.3 is 6.18 Å². The molecular weight excluding hydrogens is 471 g/mol. The number of hydrogen-bond acceptors (Lipinski definition) is 4. The molecule has 0 saturated carbocycles. The smallest absolute Gasteiger partial charge is 0.348 e. The molecule has 1 atom stereocenters. The molecule has 0 aromatic heterocycles. The zero-order chi connectivity index (χ0) is 24.0. The lowest BCUT2D eigenvalue weighted by Crippen LogP contribution is -2.36. The Morgan fingerprint density at radius 2 is 2.00 bits per heavy atom. The van der Waals surface area contributed by atoms with Crippen LogP contribution in [0.15, 0.2) is 41.3 Å². The fraction of sp³-hybridized carbons (Fsp3) is 0.458. The van der Waals surface area contributed by atoms with Crippen LogP contribution in [0.5, 0.6) is 0 Å². The van der Waals surface area contributed by atoms with Gasteiger partial charge in [0.2, 0.25) is 0 Å². The molecule has 0 bridgehead atoms. The van der Waals surface area contributed by atoms with Crippen LogP contribution in [-0.4, -0.2) is 42.7 Å². The number of halogens is 4. The standard InChI is InChI=1S/C24H29ClF3N3OS/c1-3-33-22-9-8-19(25)11-18(22)13-30-23(32)16-6-7-17(21(12-16)24(26,27)28)15-31-10-4-5-20(31)14-29-2/h6-9,11-12,20,29H,3-5,10,13-15H2,1-2H3,(H,30,32). The summed E-state index contributed by atoms with van der Waals surface area (Å²) in [5.74, 6) is 0.305. The van der Waals surface area contributed by atoms with E-state index in [9.17, 15) is 18.0 Å². The lowest BCUT2D eigenvalue weighted by atomic mass is 10.0. The molecule has 0 spiro atoms. The topological polar surface area (TPSA) is 44.4 Å². The number of nitrogens with one attached hydrogen (secondary N) is 2. The van der Waals surface area contributed by atoms with E-state index >= 15 is 0 Å². The number of likely N-dealkylation sites (tertiary alicyclic amines) is 1. The Balaban J connectivity index is 1.77. The summed E-state index contributed by atoms with van der Waals surface area (Å²) in [6.07, 6.45) is -2.61. The number of rotatable bonds is 9. The third-order valence-corrected chi connectivity index (χ3v) is 6.98. The van der Waals surface area contributed by atoms with Gasteiger partial charge in [-0.25, -0.2) is 0 Å². The van der Waals surface area contributed by atoms with Crippen molar-refractivity contribution in [3.8, 4) is 0 Å². The Kier molecular flexibility index (Phi) is 9.09. The van der Waals surface area contributed by atoms with Crippen LogP contribution in [0.2, 0.25) is 5.02 Å². The van der Waals surface area contributed by atoms with Crippen LogP contribution in [0.4, 0.5) is 13.2 Å². The minimum Gasteiger partial charge on any atom is -0.348 e. The van der Waals surface area contributed by atoms with Crippen LogP contribution in [0.3, 0.4) is 0 Å². The number of carbonyl (C=O) groups excluding carboxylic acids is 1. The molecule has 1 unspecified atom stereocenters. The van der Waals surface area contributed by atoms with E-state index in [2.05, 4.69) is 15.5 Å². The largest absolute Gasteiger partial charge is 0.416 e. The van der Waals surface area contributed by atoms with Crippen LogP contribution in [0.1, 0.15) is 46.8 Å². The molecule has 0 radical (unpaired) electrons. The minimum atomic E-state index is -4.54. The van der Waals surface area contributed by atoms with Gasteiger partial charge in [0, 0.05) is 41.2 Å². The molecule has 2 aromatic rings. The first-order chi connectivity index (χ1) is 15.7. The highest BCUT2D eigenvalue weighted by atomic mass is 35.5. The second-order valence-electron chi connectivity index (χ2n) is 8.06. The molecule has 180 valence electrons. The minimum absolute atomic E-state index is 0.00834. The number of likely N-dealkylation sites (N-methyl/N-ethyl adjacent to an activating group) is 1. The highest BCUT2D eigenvalue weighted by Crippen LogP contribution is 2.34. The maximum Gasteiger partial charge on any atom is 0.416 e. The Labute approximate surface area is 202 Å². The van der Waals surface area contributed by atoms with Crippen LogP contribution >= 0.6 is 23.4 Å². The van der Waals surface area contributed by atoms with Gasteiger partial charge in [-0.3, -0.25) is 9.69 Å². The van der Waals surface area contributed by atoms with E-state index in [1.807, 2.05) is 20.0 Å². The number of hydrogen-bond donors (Lipinski definition) is 2. The molecule has 1 amide bonds. The van der Waals surface area contributed by atoms with Crippen molar-refractivity contribution < 1.29 is 18.0 Å². The average molecular weight is 500 g/mol. The van der Waals surface area contributed by atoms with E-state index in [4.69, 9.17) is 11.6 Å². The first-order valence-corrected chi connectivity index (χ1v) is 12.4. The van der Waals surface area contributed by atoms with Gasteiger partial charge < -0.3 is 10.6 Å². The van der Waals surface area contributed by atoms with Crippen molar-refractivity contribution in [3.05, 3.63) is 63.7 Å². The highest BCUT2D eigenvalue weighted by molar-refractivity contribution is 7.99. The van der Waals surface area contributed by atoms with Gasteiger partial charge in [-0.1, -0.05) is 24.6 Å². The van der Waals surface area contributed by atoms with Crippen molar-refractivity contribution in [1.29, 1.82) is 0 Å². The monoisotopic (exact) mass is 499 g/mol. The molecular formula is C24H29ClF3N3OS. The molecule has 1 heterocycles. The Bertz CT molecular complexity index is 970. The lowest BCUT2D eigenvalue weighted by molar-refractivity contribution is -0.138. The summed E-state index contributed by atoms with van der Waals surface area (Å²) in [6, 6.07) is 9.52. The van der Waals surface area contributed by atoms with Gasteiger partial charge in [0.05, 0.1) is 5.56 Å². The predicted molar refractivity (Wildman–Crippen MR) is 128 cm³/mol. The summed E-state index contributed by atoms with van der Waals surface area (Å²) in [5, 5.41) is 6.39. The molecule has 2 N–H and O–H groups in total. The molecule has 1 saturated heterocycles. The van der Waals surface area contributed by atoms with Gasteiger partial charge in [-0.15, -0.1) is 11.8 Å². The maximum atomic E-state index is 13.9. The van der Waals surface area contributed by atoms with Crippen LogP contribution < -0.4 is 10.6 Å². The second kappa shape index (κ2) is 11.6. The van der Waals surface area contributed by atoms with Crippen molar-refractivity contribution in [2.45, 2.75) is 50.0 Å². The normalized spacial score (nSPS) is 16.8. The number of nitrogens with zero attached hydrogens (tertiary/aromatic N) is 1. The SMILES string of the molecule is CCSc1ccc(Cl)cc1CNC(=O)c1ccc(CN2CCCC2CNC)c(C(F)(F)F)c1. The quantitative estimate of drug-likeness (QED) is 0.442. The average Bonchev–Trinajstić information content (AvgIpc) is 3.20. The van der Waals surface area contributed by atoms with Gasteiger partial charge in [0.15, 0.2) is 0 Å². The lowest BCUT2D eigenvalue weighted by Gasteiger charge is -2.26. The first kappa shape index (κ1) is 25.9. The van der Waals surface area contributed by atoms with E-state index in [-0.39, 0.29) is 30.3 Å². The molecule has 3 rings (SSSR count). The van der Waals surface area contributed by atoms with E-state index in [1.54, 1.807) is 23.9 Å². The second-order valence-corrected chi connectivity index (χ2v) is 9.80. The molecule has 1 aliphatic rings. The Morgan fingerprint density at radius 3 is 2.70 bits per heavy atom. The zero-order valence-electron chi connectivity index (χ0n) is 18.8. The van der Waals surface area contributed by atoms with Gasteiger partial charge in [0.25, 0.3) is 5.91 Å². The van der Waals surface area contributed by atoms with Crippen molar-refractivity contribution in [2.75, 3.05) is 25.9 Å². The number of benzene rings is 2. The Morgan fingerprint density at radius 1 is 1.21 bits per heavy atom. The predicted octanol–water partition coefficient (Wildman–Crippen LogP) is 5.58. The molecule has 1 fully saturated rings. The number of alkyl halides is 3. The van der Waals surface area contributed by atoms with Crippen molar-refractivity contribution in [2.24, 2.45) is 0 Å². The van der Waals surface area contributed by atoms with Crippen molar-refractivity contribution in [3.63, 3.8) is 0 Å². The first-order valence-electron chi connectivity index (χ1n) is 11.0. The summed E-state index contributed by atoms with van der Waals surface area (Å²) in [4.78, 5) is 15.8. The van der Waals surface area contributed by atoms with Crippen LogP contribution in [0.25, 0.3) is 0 Å². The van der Waals surface area contributed by atoms with Gasteiger partial charge in [-0.05, 0) is 73.6 Å². The number of amides is 1. The third-order valence-electron chi connectivity index (χ3n) is 5.75. The van der Waals surface area contributed by atoms with Crippen molar-refractivity contribution >= 4 is 29.3 Å². The summed E-state index contributed by atoms with van der Waals surface area (Å²) in [5.41, 5.74) is 0.264. The highest BCUT2D eigenvalue weighted by Gasteiger charge is 2.35. The fourth-order valence-electron chi connectivity index (χ4n) is 4.17. The van der Waals surface area contributed by atoms with Gasteiger partial charge in [0.1, 0.15) is 0 Å². The summed E-state index contributed by atoms with van der Waals surface area (Å²) < 4.78 is 41.6. The number of thioether (sulfide) groups is 1. The summed E-state index contributed by atoms with van der Waals surface area (Å²) in [7, 11) is 1.85. The zero-order valence-corrected chi connectivity index (χ0v) is 20.3. The van der Waals surface area contributed by atoms with E-state index in [0.717, 1.165) is 48.2 Å². The van der Waals surface area contributed by atoms with E-state index in [1.165, 1.54) is 12.1 Å². The fourth-order valence-corrected chi connectivity index (χ4v) is 5.15. The molecule has 2 aromatic carbocycles.